The molecule has 0 unspecified atom stereocenters. The molecule has 0 amide bonds. The molecule has 0 spiro atoms. The summed E-state index contributed by atoms with van der Waals surface area (Å²) in [6.07, 6.45) is 5.44. The van der Waals surface area contributed by atoms with Gasteiger partial charge in [0.2, 0.25) is 0 Å². The van der Waals surface area contributed by atoms with Gasteiger partial charge in [0.25, 0.3) is 0 Å². The molecule has 0 N–H and O–H groups in total. The Bertz CT molecular complexity index is 891. The summed E-state index contributed by atoms with van der Waals surface area (Å²) in [6, 6.07) is 18.3. The Morgan fingerprint density at radius 1 is 0.810 bits per heavy atom. The number of hydrogen-bond acceptors (Lipinski definition) is 3. The molecule has 100 valence electrons. The second kappa shape index (κ2) is 4.83. The first-order valence-corrected chi connectivity index (χ1v) is 6.73. The number of benzene rings is 2. The van der Waals surface area contributed by atoms with Gasteiger partial charge in [0.15, 0.2) is 0 Å². The molecule has 0 bridgehead atoms. The van der Waals surface area contributed by atoms with Crippen LogP contribution in [0.5, 0.6) is 0 Å². The van der Waals surface area contributed by atoms with E-state index < -0.39 is 0 Å². The van der Waals surface area contributed by atoms with Crippen molar-refractivity contribution in [2.45, 2.75) is 0 Å². The molecular weight excluding hydrogens is 260 g/mol. The Kier molecular flexibility index (Phi) is 2.71. The molecule has 2 aromatic heterocycles. The van der Waals surface area contributed by atoms with Crippen LogP contribution in [-0.4, -0.2) is 20.0 Å². The standard InChI is InChI=1S/C17H12N4/c1-2-5-14(6-3-1)17-12-19-20-21(17)16-8-4-7-13-9-10-18-11-15(13)16/h1-12H. The molecular formula is C17H12N4. The smallest absolute Gasteiger partial charge is 0.0944 e. The maximum Gasteiger partial charge on any atom is 0.0944 e. The predicted octanol–water partition coefficient (Wildman–Crippen LogP) is 3.48. The monoisotopic (exact) mass is 272 g/mol. The fourth-order valence-electron chi connectivity index (χ4n) is 2.50. The second-order valence-electron chi connectivity index (χ2n) is 4.77. The van der Waals surface area contributed by atoms with Gasteiger partial charge in [0.1, 0.15) is 0 Å². The number of pyridine rings is 1. The summed E-state index contributed by atoms with van der Waals surface area (Å²) in [5.41, 5.74) is 3.03. The normalized spacial score (nSPS) is 10.9. The highest BCUT2D eigenvalue weighted by Crippen LogP contribution is 2.25. The van der Waals surface area contributed by atoms with E-state index in [2.05, 4.69) is 33.5 Å². The minimum absolute atomic E-state index is 0.965. The van der Waals surface area contributed by atoms with E-state index in [0.717, 1.165) is 27.7 Å². The fraction of sp³-hybridized carbons (Fsp3) is 0. The zero-order valence-electron chi connectivity index (χ0n) is 11.2. The molecule has 0 radical (unpaired) electrons. The average molecular weight is 272 g/mol. The quantitative estimate of drug-likeness (QED) is 0.561. The van der Waals surface area contributed by atoms with E-state index in [4.69, 9.17) is 0 Å². The summed E-state index contributed by atoms with van der Waals surface area (Å²) in [5, 5.41) is 10.5. The average Bonchev–Trinajstić information content (AvgIpc) is 3.04. The van der Waals surface area contributed by atoms with Crippen LogP contribution in [0.4, 0.5) is 0 Å². The molecule has 21 heavy (non-hydrogen) atoms. The molecule has 4 nitrogen and oxygen atoms in total. The van der Waals surface area contributed by atoms with Crippen molar-refractivity contribution in [1.29, 1.82) is 0 Å². The first kappa shape index (κ1) is 11.8. The molecule has 0 aliphatic heterocycles. The highest BCUT2D eigenvalue weighted by atomic mass is 15.4. The molecule has 0 saturated heterocycles. The lowest BCUT2D eigenvalue weighted by atomic mass is 10.1. The van der Waals surface area contributed by atoms with Gasteiger partial charge in [0.05, 0.1) is 17.6 Å². The van der Waals surface area contributed by atoms with Crippen LogP contribution in [0.2, 0.25) is 0 Å². The van der Waals surface area contributed by atoms with Crippen LogP contribution in [-0.2, 0) is 0 Å². The summed E-state index contributed by atoms with van der Waals surface area (Å²) in [5.74, 6) is 0. The van der Waals surface area contributed by atoms with Gasteiger partial charge < -0.3 is 0 Å². The van der Waals surface area contributed by atoms with E-state index in [-0.39, 0.29) is 0 Å². The predicted molar refractivity (Wildman–Crippen MR) is 82.1 cm³/mol. The molecule has 2 heterocycles. The van der Waals surface area contributed by atoms with Crippen LogP contribution in [0.15, 0.2) is 73.2 Å². The van der Waals surface area contributed by atoms with Crippen molar-refractivity contribution in [3.63, 3.8) is 0 Å². The van der Waals surface area contributed by atoms with E-state index in [1.807, 2.05) is 47.3 Å². The third-order valence-electron chi connectivity index (χ3n) is 3.51. The maximum atomic E-state index is 4.25. The summed E-state index contributed by atoms with van der Waals surface area (Å²) in [7, 11) is 0. The Morgan fingerprint density at radius 2 is 1.71 bits per heavy atom. The number of nitrogens with zero attached hydrogens (tertiary/aromatic N) is 4. The van der Waals surface area contributed by atoms with Gasteiger partial charge in [-0.1, -0.05) is 47.7 Å². The summed E-state index contributed by atoms with van der Waals surface area (Å²) in [4.78, 5) is 4.22. The van der Waals surface area contributed by atoms with E-state index in [9.17, 15) is 0 Å². The zero-order chi connectivity index (χ0) is 14.1. The Morgan fingerprint density at radius 3 is 2.62 bits per heavy atom. The zero-order valence-corrected chi connectivity index (χ0v) is 11.2. The Hall–Kier alpha value is -3.01. The van der Waals surface area contributed by atoms with Gasteiger partial charge in [-0.25, -0.2) is 4.68 Å². The molecule has 0 aliphatic rings. The van der Waals surface area contributed by atoms with Crippen molar-refractivity contribution >= 4 is 10.8 Å². The highest BCUT2D eigenvalue weighted by Gasteiger charge is 2.10. The van der Waals surface area contributed by atoms with Crippen LogP contribution in [0, 0.1) is 0 Å². The molecule has 4 heteroatoms. The van der Waals surface area contributed by atoms with Gasteiger partial charge in [-0.3, -0.25) is 4.98 Å². The summed E-state index contributed by atoms with van der Waals surface area (Å²) >= 11 is 0. The number of aromatic nitrogens is 4. The molecule has 0 atom stereocenters. The lowest BCUT2D eigenvalue weighted by molar-refractivity contribution is 0.812. The number of hydrogen-bond donors (Lipinski definition) is 0. The van der Waals surface area contributed by atoms with E-state index >= 15 is 0 Å². The van der Waals surface area contributed by atoms with Crippen LogP contribution < -0.4 is 0 Å². The second-order valence-corrected chi connectivity index (χ2v) is 4.77. The third kappa shape index (κ3) is 1.97. The van der Waals surface area contributed by atoms with E-state index in [0.29, 0.717) is 0 Å². The van der Waals surface area contributed by atoms with Gasteiger partial charge >= 0.3 is 0 Å². The van der Waals surface area contributed by atoms with Crippen molar-refractivity contribution in [3.8, 4) is 16.9 Å². The number of rotatable bonds is 2. The SMILES string of the molecule is c1ccc(-c2cnnn2-c2cccc3ccncc23)cc1. The molecule has 0 fully saturated rings. The van der Waals surface area contributed by atoms with Crippen LogP contribution in [0.3, 0.4) is 0 Å². The van der Waals surface area contributed by atoms with Crippen molar-refractivity contribution in [1.82, 2.24) is 20.0 Å². The Balaban J connectivity index is 1.97. The summed E-state index contributed by atoms with van der Waals surface area (Å²) < 4.78 is 1.86. The number of fused-ring (bicyclic) bond motifs is 1. The highest BCUT2D eigenvalue weighted by molar-refractivity contribution is 5.89. The summed E-state index contributed by atoms with van der Waals surface area (Å²) in [6.45, 7) is 0. The van der Waals surface area contributed by atoms with Crippen LogP contribution in [0.1, 0.15) is 0 Å². The van der Waals surface area contributed by atoms with E-state index in [1.54, 1.807) is 12.4 Å². The van der Waals surface area contributed by atoms with Crippen molar-refractivity contribution in [2.75, 3.05) is 0 Å². The van der Waals surface area contributed by atoms with Gasteiger partial charge in [0, 0.05) is 23.3 Å². The van der Waals surface area contributed by atoms with Crippen LogP contribution in [0.25, 0.3) is 27.7 Å². The lowest BCUT2D eigenvalue weighted by Gasteiger charge is -2.09. The Labute approximate surface area is 121 Å². The minimum atomic E-state index is 0.965. The molecule has 4 aromatic rings. The van der Waals surface area contributed by atoms with Gasteiger partial charge in [-0.05, 0) is 17.5 Å². The molecule has 0 aliphatic carbocycles. The van der Waals surface area contributed by atoms with Crippen molar-refractivity contribution in [3.05, 3.63) is 73.2 Å². The van der Waals surface area contributed by atoms with Crippen LogP contribution >= 0.6 is 0 Å². The first-order chi connectivity index (χ1) is 10.4. The first-order valence-electron chi connectivity index (χ1n) is 6.73. The topological polar surface area (TPSA) is 43.6 Å². The lowest BCUT2D eigenvalue weighted by Crippen LogP contribution is -2.00. The molecule has 2 aromatic carbocycles. The minimum Gasteiger partial charge on any atom is -0.264 e. The van der Waals surface area contributed by atoms with Gasteiger partial charge in [-0.15, -0.1) is 5.10 Å². The molecule has 0 saturated carbocycles. The largest absolute Gasteiger partial charge is 0.264 e. The molecule has 4 rings (SSSR count). The van der Waals surface area contributed by atoms with Gasteiger partial charge in [-0.2, -0.15) is 0 Å². The third-order valence-corrected chi connectivity index (χ3v) is 3.51. The van der Waals surface area contributed by atoms with Crippen molar-refractivity contribution < 1.29 is 0 Å². The maximum absolute atomic E-state index is 4.25. The van der Waals surface area contributed by atoms with Crippen molar-refractivity contribution in [2.24, 2.45) is 0 Å². The fourth-order valence-corrected chi connectivity index (χ4v) is 2.50. The van der Waals surface area contributed by atoms with E-state index in [1.165, 1.54) is 0 Å².